The lowest BCUT2D eigenvalue weighted by Crippen LogP contribution is -2.35. The van der Waals surface area contributed by atoms with Gasteiger partial charge in [-0.25, -0.2) is 0 Å². The maximum absolute atomic E-state index is 5.42. The number of hydrogen-bond donors (Lipinski definition) is 1. The molecule has 1 saturated carbocycles. The first kappa shape index (κ1) is 12.5. The highest BCUT2D eigenvalue weighted by atomic mass is 32.2. The first-order valence-electron chi connectivity index (χ1n) is 6.81. The Morgan fingerprint density at radius 2 is 2.44 bits per heavy atom. The smallest absolute Gasteiger partial charge is 0.151 e. The molecule has 1 aliphatic carbocycles. The summed E-state index contributed by atoms with van der Waals surface area (Å²) in [5, 5.41) is 8.32. The molecule has 1 aromatic heterocycles. The second kappa shape index (κ2) is 5.63. The van der Waals surface area contributed by atoms with Crippen LogP contribution in [0.4, 0.5) is 0 Å². The van der Waals surface area contributed by atoms with Crippen molar-refractivity contribution in [2.45, 2.75) is 44.1 Å². The fourth-order valence-corrected chi connectivity index (χ4v) is 3.39. The third-order valence-electron chi connectivity index (χ3n) is 3.46. The second-order valence-corrected chi connectivity index (χ2v) is 6.90. The van der Waals surface area contributed by atoms with Crippen LogP contribution in [0.5, 0.6) is 0 Å². The number of aromatic nitrogens is 1. The summed E-state index contributed by atoms with van der Waals surface area (Å²) in [6, 6.07) is 2.83. The molecule has 2 fully saturated rings. The maximum atomic E-state index is 5.42. The lowest BCUT2D eigenvalue weighted by Gasteiger charge is -2.29. The first-order chi connectivity index (χ1) is 8.79. The van der Waals surface area contributed by atoms with Gasteiger partial charge in [-0.1, -0.05) is 12.1 Å². The van der Waals surface area contributed by atoms with Crippen molar-refractivity contribution in [1.82, 2.24) is 15.4 Å². The van der Waals surface area contributed by atoms with E-state index < -0.39 is 0 Å². The molecule has 100 valence electrons. The molecular formula is C13H21N3OS. The molecule has 3 rings (SSSR count). The topological polar surface area (TPSA) is 41.3 Å². The largest absolute Gasteiger partial charge is 0.360 e. The van der Waals surface area contributed by atoms with Crippen LogP contribution in [0.1, 0.15) is 31.2 Å². The van der Waals surface area contributed by atoms with Crippen molar-refractivity contribution >= 4 is 11.8 Å². The van der Waals surface area contributed by atoms with Gasteiger partial charge >= 0.3 is 0 Å². The Morgan fingerprint density at radius 3 is 3.22 bits per heavy atom. The summed E-state index contributed by atoms with van der Waals surface area (Å²) in [4.78, 5) is 2.46. The molecule has 0 bridgehead atoms. The average Bonchev–Trinajstić information content (AvgIpc) is 3.08. The zero-order chi connectivity index (χ0) is 12.4. The molecule has 5 heteroatoms. The van der Waals surface area contributed by atoms with Crippen LogP contribution in [-0.4, -0.2) is 40.2 Å². The van der Waals surface area contributed by atoms with E-state index in [0.717, 1.165) is 48.9 Å². The van der Waals surface area contributed by atoms with Crippen molar-refractivity contribution in [3.05, 3.63) is 17.5 Å². The molecule has 0 aromatic carbocycles. The number of nitrogens with one attached hydrogen (secondary N) is 1. The minimum atomic E-state index is 0.727. The normalized spacial score (nSPS) is 25.5. The van der Waals surface area contributed by atoms with Crippen LogP contribution < -0.4 is 5.32 Å². The van der Waals surface area contributed by atoms with E-state index in [-0.39, 0.29) is 0 Å². The molecule has 0 amide bonds. The van der Waals surface area contributed by atoms with Gasteiger partial charge in [0.2, 0.25) is 0 Å². The molecule has 1 saturated heterocycles. The molecule has 0 spiro atoms. The van der Waals surface area contributed by atoms with Gasteiger partial charge < -0.3 is 9.84 Å². The summed E-state index contributed by atoms with van der Waals surface area (Å²) in [6.45, 7) is 6.36. The van der Waals surface area contributed by atoms with Gasteiger partial charge in [-0.3, -0.25) is 4.90 Å². The van der Waals surface area contributed by atoms with Crippen molar-refractivity contribution in [3.8, 4) is 0 Å². The molecule has 1 aliphatic heterocycles. The molecule has 1 unspecified atom stereocenters. The number of hydrogen-bond acceptors (Lipinski definition) is 5. The van der Waals surface area contributed by atoms with Crippen LogP contribution in [0.2, 0.25) is 0 Å². The third-order valence-corrected chi connectivity index (χ3v) is 4.60. The molecule has 0 radical (unpaired) electrons. The fraction of sp³-hybridized carbons (Fsp3) is 0.769. The number of thioether (sulfide) groups is 1. The molecule has 1 atom stereocenters. The Kier molecular flexibility index (Phi) is 3.91. The summed E-state index contributed by atoms with van der Waals surface area (Å²) in [6.07, 6.45) is 2.63. The van der Waals surface area contributed by atoms with Crippen LogP contribution in [0.3, 0.4) is 0 Å². The lowest BCUT2D eigenvalue weighted by atomic mass is 10.3. The van der Waals surface area contributed by atoms with Gasteiger partial charge in [0, 0.05) is 42.7 Å². The average molecular weight is 267 g/mol. The quantitative estimate of drug-likeness (QED) is 0.882. The van der Waals surface area contributed by atoms with Crippen LogP contribution in [0.25, 0.3) is 0 Å². The summed E-state index contributed by atoms with van der Waals surface area (Å²) < 4.78 is 5.42. The predicted octanol–water partition coefficient (Wildman–Crippen LogP) is 1.86. The minimum absolute atomic E-state index is 0.727. The number of rotatable bonds is 5. The van der Waals surface area contributed by atoms with E-state index in [4.69, 9.17) is 4.52 Å². The Bertz CT molecular complexity index is 391. The molecule has 2 aliphatic rings. The Labute approximate surface area is 112 Å². The molecule has 4 nitrogen and oxygen atoms in total. The highest BCUT2D eigenvalue weighted by Gasteiger charge is 2.21. The van der Waals surface area contributed by atoms with Gasteiger partial charge in [-0.15, -0.1) is 0 Å². The number of nitrogens with zero attached hydrogens (tertiary/aromatic N) is 2. The van der Waals surface area contributed by atoms with Crippen LogP contribution in [0, 0.1) is 0 Å². The Morgan fingerprint density at radius 1 is 1.56 bits per heavy atom. The highest BCUT2D eigenvalue weighted by Crippen LogP contribution is 2.21. The van der Waals surface area contributed by atoms with Gasteiger partial charge in [0.1, 0.15) is 0 Å². The van der Waals surface area contributed by atoms with Crippen molar-refractivity contribution in [1.29, 1.82) is 0 Å². The Hall–Kier alpha value is -0.520. The zero-order valence-electron chi connectivity index (χ0n) is 10.9. The molecule has 18 heavy (non-hydrogen) atoms. The standard InChI is InChI=1S/C13H21N3OS/c1-10-8-16(4-5-18-10)9-13-6-12(15-17-13)7-14-11-2-3-11/h6,10-11,14H,2-5,7-9H2,1H3. The Balaban J connectivity index is 1.49. The fourth-order valence-electron chi connectivity index (χ4n) is 2.30. The minimum Gasteiger partial charge on any atom is -0.360 e. The second-order valence-electron chi connectivity index (χ2n) is 5.36. The predicted molar refractivity (Wildman–Crippen MR) is 73.6 cm³/mol. The van der Waals surface area contributed by atoms with Gasteiger partial charge in [-0.2, -0.15) is 11.8 Å². The van der Waals surface area contributed by atoms with E-state index in [2.05, 4.69) is 40.1 Å². The van der Waals surface area contributed by atoms with Gasteiger partial charge in [0.15, 0.2) is 5.76 Å². The van der Waals surface area contributed by atoms with Crippen LogP contribution >= 0.6 is 11.8 Å². The van der Waals surface area contributed by atoms with Crippen LogP contribution in [-0.2, 0) is 13.1 Å². The zero-order valence-corrected chi connectivity index (χ0v) is 11.7. The van der Waals surface area contributed by atoms with Crippen LogP contribution in [0.15, 0.2) is 10.6 Å². The van der Waals surface area contributed by atoms with E-state index in [0.29, 0.717) is 0 Å². The lowest BCUT2D eigenvalue weighted by molar-refractivity contribution is 0.239. The summed E-state index contributed by atoms with van der Waals surface area (Å²) >= 11 is 2.06. The van der Waals surface area contributed by atoms with Gasteiger partial charge in [-0.05, 0) is 12.8 Å². The molecular weight excluding hydrogens is 246 g/mol. The maximum Gasteiger partial charge on any atom is 0.151 e. The summed E-state index contributed by atoms with van der Waals surface area (Å²) in [7, 11) is 0. The third kappa shape index (κ3) is 3.49. The van der Waals surface area contributed by atoms with Gasteiger partial charge in [0.25, 0.3) is 0 Å². The van der Waals surface area contributed by atoms with E-state index in [9.17, 15) is 0 Å². The van der Waals surface area contributed by atoms with Crippen molar-refractivity contribution in [2.24, 2.45) is 0 Å². The van der Waals surface area contributed by atoms with E-state index in [1.165, 1.54) is 18.6 Å². The van der Waals surface area contributed by atoms with Crippen molar-refractivity contribution < 1.29 is 4.52 Å². The monoisotopic (exact) mass is 267 g/mol. The first-order valence-corrected chi connectivity index (χ1v) is 7.86. The van der Waals surface area contributed by atoms with E-state index in [1.54, 1.807) is 0 Å². The molecule has 1 N–H and O–H groups in total. The summed E-state index contributed by atoms with van der Waals surface area (Å²) in [5.41, 5.74) is 1.04. The SMILES string of the molecule is CC1CN(Cc2cc(CNC3CC3)no2)CCS1. The van der Waals surface area contributed by atoms with Gasteiger partial charge in [0.05, 0.1) is 12.2 Å². The molecule has 1 aromatic rings. The van der Waals surface area contributed by atoms with Crippen molar-refractivity contribution in [2.75, 3.05) is 18.8 Å². The summed E-state index contributed by atoms with van der Waals surface area (Å²) in [5.74, 6) is 2.23. The molecule has 2 heterocycles. The van der Waals surface area contributed by atoms with Crippen molar-refractivity contribution in [3.63, 3.8) is 0 Å². The van der Waals surface area contributed by atoms with E-state index in [1.807, 2.05) is 0 Å². The van der Waals surface area contributed by atoms with E-state index >= 15 is 0 Å². The highest BCUT2D eigenvalue weighted by molar-refractivity contribution is 7.99.